The number of nitro groups is 1. The summed E-state index contributed by atoms with van der Waals surface area (Å²) in [5.74, 6) is -1.55. The molecule has 0 radical (unpaired) electrons. The molecular weight excluding hydrogens is 466 g/mol. The summed E-state index contributed by atoms with van der Waals surface area (Å²) >= 11 is 0. The van der Waals surface area contributed by atoms with E-state index in [9.17, 15) is 24.8 Å². The molecule has 0 fully saturated rings. The molecule has 11 nitrogen and oxygen atoms in total. The van der Waals surface area contributed by atoms with Crippen LogP contribution in [0.1, 0.15) is 15.9 Å². The molecule has 0 unspecified atom stereocenters. The molecule has 0 bridgehead atoms. The van der Waals surface area contributed by atoms with Crippen molar-refractivity contribution in [3.8, 4) is 11.6 Å². The van der Waals surface area contributed by atoms with Crippen LogP contribution in [0.25, 0.3) is 10.9 Å². The zero-order chi connectivity index (χ0) is 25.8. The van der Waals surface area contributed by atoms with Gasteiger partial charge in [0.2, 0.25) is 11.8 Å². The van der Waals surface area contributed by atoms with Gasteiger partial charge >= 0.3 is 0 Å². The van der Waals surface area contributed by atoms with Crippen molar-refractivity contribution in [3.63, 3.8) is 0 Å². The van der Waals surface area contributed by atoms with Gasteiger partial charge in [-0.3, -0.25) is 19.7 Å². The van der Waals surface area contributed by atoms with Crippen molar-refractivity contribution in [2.45, 2.75) is 13.5 Å². The summed E-state index contributed by atoms with van der Waals surface area (Å²) < 4.78 is 6.46. The molecule has 2 N–H and O–H groups in total. The maximum absolute atomic E-state index is 12.7. The predicted octanol–water partition coefficient (Wildman–Crippen LogP) is 5.13. The number of methoxy groups -OCH3 is 1. The topological polar surface area (TPSA) is 148 Å². The lowest BCUT2D eigenvalue weighted by Gasteiger charge is -2.08. The molecule has 0 aliphatic carbocycles. The van der Waals surface area contributed by atoms with Crippen molar-refractivity contribution in [2.24, 2.45) is 10.2 Å². The number of aromatic nitrogens is 1. The van der Waals surface area contributed by atoms with Crippen molar-refractivity contribution in [3.05, 3.63) is 88.0 Å². The number of aromatic hydroxyl groups is 1. The summed E-state index contributed by atoms with van der Waals surface area (Å²) in [5, 5.41) is 32.8. The Hall–Kier alpha value is -5.06. The van der Waals surface area contributed by atoms with E-state index in [0.29, 0.717) is 16.6 Å². The van der Waals surface area contributed by atoms with Crippen LogP contribution in [0, 0.1) is 17.0 Å². The third-order valence-corrected chi connectivity index (χ3v) is 5.42. The Morgan fingerprint density at radius 1 is 1.11 bits per heavy atom. The second kappa shape index (κ2) is 10.1. The summed E-state index contributed by atoms with van der Waals surface area (Å²) in [5.41, 5.74) is 1.67. The molecule has 4 aromatic rings. The first kappa shape index (κ1) is 24.1. The number of non-ortho nitro benzene ring substituents is 1. The number of aryl methyl sites for hydroxylation is 1. The number of ether oxygens (including phenoxy) is 1. The number of azo groups is 1. The molecule has 182 valence electrons. The minimum Gasteiger partial charge on any atom is -0.496 e. The number of nitro benzene ring substituents is 1. The number of carbonyl (C=O) groups excluding carboxylic acids is 2. The molecule has 11 heteroatoms. The molecule has 4 rings (SSSR count). The Bertz CT molecular complexity index is 1510. The lowest BCUT2D eigenvalue weighted by atomic mass is 10.1. The number of carbonyl (C=O) groups is 2. The van der Waals surface area contributed by atoms with Gasteiger partial charge in [-0.2, -0.15) is 0 Å². The minimum absolute atomic E-state index is 0.0218. The summed E-state index contributed by atoms with van der Waals surface area (Å²) in [7, 11) is 1.32. The number of hydrogen-bond donors (Lipinski definition) is 2. The zero-order valence-corrected chi connectivity index (χ0v) is 19.3. The fourth-order valence-corrected chi connectivity index (χ4v) is 3.64. The Labute approximate surface area is 204 Å². The van der Waals surface area contributed by atoms with Gasteiger partial charge in [0, 0.05) is 23.2 Å². The van der Waals surface area contributed by atoms with E-state index in [0.717, 1.165) is 11.6 Å². The van der Waals surface area contributed by atoms with Crippen LogP contribution >= 0.6 is 0 Å². The highest BCUT2D eigenvalue weighted by molar-refractivity contribution is 6.00. The van der Waals surface area contributed by atoms with Crippen LogP contribution in [0.5, 0.6) is 11.6 Å². The highest BCUT2D eigenvalue weighted by atomic mass is 16.6. The molecule has 3 aromatic carbocycles. The van der Waals surface area contributed by atoms with Gasteiger partial charge in [-0.1, -0.05) is 35.9 Å². The first-order chi connectivity index (χ1) is 17.3. The summed E-state index contributed by atoms with van der Waals surface area (Å²) in [6.45, 7) is 1.72. The molecule has 1 aromatic heterocycles. The van der Waals surface area contributed by atoms with Crippen molar-refractivity contribution in [1.29, 1.82) is 0 Å². The Kier molecular flexibility index (Phi) is 6.72. The molecule has 0 atom stereocenters. The summed E-state index contributed by atoms with van der Waals surface area (Å²) in [6.07, 6.45) is 0. The van der Waals surface area contributed by atoms with Crippen LogP contribution < -0.4 is 10.1 Å². The second-order valence-corrected chi connectivity index (χ2v) is 7.84. The average Bonchev–Trinajstić information content (AvgIpc) is 3.13. The second-order valence-electron chi connectivity index (χ2n) is 7.84. The van der Waals surface area contributed by atoms with Crippen molar-refractivity contribution >= 4 is 39.8 Å². The number of nitrogens with zero attached hydrogens (tertiary/aromatic N) is 4. The number of nitrogens with one attached hydrogen (secondary N) is 1. The summed E-state index contributed by atoms with van der Waals surface area (Å²) in [4.78, 5) is 35.8. The molecule has 36 heavy (non-hydrogen) atoms. The standard InChI is InChI=1S/C25H21N5O6/c1-15-7-9-16(10-8-15)26-22(31)14-29-20-6-4-3-5-18(20)23(25(29)33)27-28-24(32)19-13-17(30(34)35)11-12-21(19)36-2/h3-13,33H,14H2,1-2H3,(H,26,31). The quantitative estimate of drug-likeness (QED) is 0.210. The van der Waals surface area contributed by atoms with E-state index in [-0.39, 0.29) is 41.0 Å². The molecule has 0 saturated carbocycles. The zero-order valence-electron chi connectivity index (χ0n) is 19.3. The van der Waals surface area contributed by atoms with Crippen LogP contribution in [-0.4, -0.2) is 33.5 Å². The molecule has 0 spiro atoms. The van der Waals surface area contributed by atoms with Crippen LogP contribution in [0.15, 0.2) is 77.0 Å². The highest BCUT2D eigenvalue weighted by Gasteiger charge is 2.21. The van der Waals surface area contributed by atoms with Gasteiger partial charge in [-0.15, -0.1) is 10.2 Å². The van der Waals surface area contributed by atoms with E-state index in [4.69, 9.17) is 4.74 Å². The number of para-hydroxylation sites is 1. The molecule has 0 saturated heterocycles. The van der Waals surface area contributed by atoms with E-state index in [1.54, 1.807) is 36.4 Å². The van der Waals surface area contributed by atoms with Crippen LogP contribution in [0.2, 0.25) is 0 Å². The average molecular weight is 487 g/mol. The van der Waals surface area contributed by atoms with E-state index in [1.807, 2.05) is 19.1 Å². The number of benzene rings is 3. The SMILES string of the molecule is COc1ccc([N+](=O)[O-])cc1C(=O)N=Nc1c(O)n(CC(=O)Nc2ccc(C)cc2)c2ccccc12. The molecule has 1 heterocycles. The van der Waals surface area contributed by atoms with E-state index in [2.05, 4.69) is 15.5 Å². The lowest BCUT2D eigenvalue weighted by molar-refractivity contribution is -0.384. The van der Waals surface area contributed by atoms with Gasteiger partial charge in [0.05, 0.1) is 23.1 Å². The van der Waals surface area contributed by atoms with Gasteiger partial charge in [0.1, 0.15) is 12.3 Å². The van der Waals surface area contributed by atoms with E-state index >= 15 is 0 Å². The minimum atomic E-state index is -0.899. The fraction of sp³-hybridized carbons (Fsp3) is 0.120. The number of amides is 2. The first-order valence-corrected chi connectivity index (χ1v) is 10.7. The Balaban J connectivity index is 1.65. The lowest BCUT2D eigenvalue weighted by Crippen LogP contribution is -2.18. The molecule has 2 amide bonds. The van der Waals surface area contributed by atoms with Crippen LogP contribution in [-0.2, 0) is 11.3 Å². The largest absolute Gasteiger partial charge is 0.496 e. The monoisotopic (exact) mass is 487 g/mol. The predicted molar refractivity (Wildman–Crippen MR) is 132 cm³/mol. The Morgan fingerprint density at radius 3 is 2.53 bits per heavy atom. The number of hydrogen-bond acceptors (Lipinski definition) is 7. The van der Waals surface area contributed by atoms with Gasteiger partial charge < -0.3 is 19.7 Å². The molecule has 0 aliphatic heterocycles. The number of anilines is 1. The van der Waals surface area contributed by atoms with Crippen molar-refractivity contribution in [2.75, 3.05) is 12.4 Å². The normalized spacial score (nSPS) is 11.1. The molecular formula is C25H21N5O6. The summed E-state index contributed by atoms with van der Waals surface area (Å²) in [6, 6.07) is 17.6. The third kappa shape index (κ3) is 4.89. The maximum Gasteiger partial charge on any atom is 0.299 e. The van der Waals surface area contributed by atoms with Gasteiger partial charge in [0.25, 0.3) is 11.6 Å². The number of rotatable bonds is 7. The van der Waals surface area contributed by atoms with Crippen molar-refractivity contribution < 1.29 is 24.4 Å². The molecule has 0 aliphatic rings. The highest BCUT2D eigenvalue weighted by Crippen LogP contribution is 2.39. The third-order valence-electron chi connectivity index (χ3n) is 5.42. The van der Waals surface area contributed by atoms with E-state index < -0.39 is 10.8 Å². The van der Waals surface area contributed by atoms with Crippen LogP contribution in [0.3, 0.4) is 0 Å². The van der Waals surface area contributed by atoms with Gasteiger partial charge in [0.15, 0.2) is 5.69 Å². The number of fused-ring (bicyclic) bond motifs is 1. The van der Waals surface area contributed by atoms with Gasteiger partial charge in [-0.05, 0) is 31.2 Å². The first-order valence-electron chi connectivity index (χ1n) is 10.7. The maximum atomic E-state index is 12.7. The van der Waals surface area contributed by atoms with E-state index in [1.165, 1.54) is 23.8 Å². The smallest absolute Gasteiger partial charge is 0.299 e. The van der Waals surface area contributed by atoms with Gasteiger partial charge in [-0.25, -0.2) is 0 Å². The van der Waals surface area contributed by atoms with Crippen molar-refractivity contribution in [1.82, 2.24) is 4.57 Å². The Morgan fingerprint density at radius 2 is 1.83 bits per heavy atom. The fourth-order valence-electron chi connectivity index (χ4n) is 3.64. The van der Waals surface area contributed by atoms with Crippen LogP contribution in [0.4, 0.5) is 17.1 Å².